The summed E-state index contributed by atoms with van der Waals surface area (Å²) >= 11 is 0. The highest BCUT2D eigenvalue weighted by molar-refractivity contribution is 5.93. The average molecular weight is 479 g/mol. The zero-order valence-electron chi connectivity index (χ0n) is 21.0. The molecule has 4 aromatic carbocycles. The maximum atomic E-state index is 5.97. The van der Waals surface area contributed by atoms with Gasteiger partial charge in [-0.05, 0) is 46.0 Å². The number of allylic oxidation sites excluding steroid dienone is 1. The quantitative estimate of drug-likeness (QED) is 0.282. The van der Waals surface area contributed by atoms with Crippen molar-refractivity contribution in [2.24, 2.45) is 0 Å². The highest BCUT2D eigenvalue weighted by Crippen LogP contribution is 2.59. The highest BCUT2D eigenvalue weighted by atomic mass is 16.5. The summed E-state index contributed by atoms with van der Waals surface area (Å²) in [7, 11) is 6.78. The molecule has 4 nitrogen and oxygen atoms in total. The Bertz CT molecular complexity index is 1350. The first kappa shape index (κ1) is 23.6. The monoisotopic (exact) mass is 478 g/mol. The van der Waals surface area contributed by atoms with Crippen LogP contribution in [-0.2, 0) is 0 Å². The average Bonchev–Trinajstić information content (AvgIpc) is 3.27. The first-order chi connectivity index (χ1) is 17.7. The van der Waals surface area contributed by atoms with E-state index in [1.807, 2.05) is 18.2 Å². The largest absolute Gasteiger partial charge is 0.497 e. The van der Waals surface area contributed by atoms with Crippen LogP contribution in [-0.4, -0.2) is 28.4 Å². The maximum absolute atomic E-state index is 5.97. The number of benzene rings is 4. The van der Waals surface area contributed by atoms with Crippen LogP contribution in [0.3, 0.4) is 0 Å². The number of methoxy groups -OCH3 is 4. The highest BCUT2D eigenvalue weighted by Gasteiger charge is 2.41. The third-order valence-corrected chi connectivity index (χ3v) is 6.87. The van der Waals surface area contributed by atoms with Gasteiger partial charge in [0.1, 0.15) is 23.0 Å². The lowest BCUT2D eigenvalue weighted by Crippen LogP contribution is -2.09. The molecule has 0 fully saturated rings. The van der Waals surface area contributed by atoms with Gasteiger partial charge in [0, 0.05) is 29.5 Å². The molecule has 0 amide bonds. The number of ether oxygens (including phenoxy) is 4. The molecule has 2 atom stereocenters. The van der Waals surface area contributed by atoms with Gasteiger partial charge in [-0.2, -0.15) is 0 Å². The van der Waals surface area contributed by atoms with Crippen molar-refractivity contribution in [2.45, 2.75) is 11.8 Å². The van der Waals surface area contributed by atoms with E-state index in [4.69, 9.17) is 18.9 Å². The third-order valence-electron chi connectivity index (χ3n) is 6.87. The van der Waals surface area contributed by atoms with Crippen molar-refractivity contribution in [2.75, 3.05) is 28.4 Å². The van der Waals surface area contributed by atoms with Crippen LogP contribution in [0, 0.1) is 0 Å². The maximum Gasteiger partial charge on any atom is 0.127 e. The number of rotatable bonds is 7. The van der Waals surface area contributed by atoms with Crippen LogP contribution < -0.4 is 18.9 Å². The van der Waals surface area contributed by atoms with E-state index in [2.05, 4.69) is 78.9 Å². The fraction of sp³-hybridized carbons (Fsp3) is 0.188. The van der Waals surface area contributed by atoms with Crippen LogP contribution in [0.2, 0.25) is 0 Å². The molecule has 36 heavy (non-hydrogen) atoms. The van der Waals surface area contributed by atoms with E-state index >= 15 is 0 Å². The standard InChI is InChI=1S/C32H30O4/c1-33-24-16-23(17-25(18-24)34-2)30-27(15-21-11-7-5-8-12-21)28-19-26(35-3)20-29(36-4)32(28)31(30)22-13-9-6-10-14-22/h5-20,30-31H,1-4H3/b27-15-/t30-,31+/m1/s1. The molecule has 0 saturated heterocycles. The fourth-order valence-corrected chi connectivity index (χ4v) is 5.26. The molecule has 0 bridgehead atoms. The topological polar surface area (TPSA) is 36.9 Å². The number of hydrogen-bond acceptors (Lipinski definition) is 4. The molecule has 0 unspecified atom stereocenters. The van der Waals surface area contributed by atoms with Crippen molar-refractivity contribution in [1.29, 1.82) is 0 Å². The molecule has 4 heteroatoms. The number of fused-ring (bicyclic) bond motifs is 1. The van der Waals surface area contributed by atoms with Crippen LogP contribution in [0.5, 0.6) is 23.0 Å². The lowest BCUT2D eigenvalue weighted by Gasteiger charge is -2.24. The smallest absolute Gasteiger partial charge is 0.127 e. The molecule has 0 radical (unpaired) electrons. The summed E-state index contributed by atoms with van der Waals surface area (Å²) < 4.78 is 23.0. The Morgan fingerprint density at radius 1 is 0.556 bits per heavy atom. The second kappa shape index (κ2) is 10.2. The molecule has 0 N–H and O–H groups in total. The van der Waals surface area contributed by atoms with Gasteiger partial charge in [-0.15, -0.1) is 0 Å². The van der Waals surface area contributed by atoms with Gasteiger partial charge < -0.3 is 18.9 Å². The summed E-state index contributed by atoms with van der Waals surface area (Å²) in [6, 6.07) is 31.3. The van der Waals surface area contributed by atoms with E-state index < -0.39 is 0 Å². The zero-order valence-corrected chi connectivity index (χ0v) is 21.0. The lowest BCUT2D eigenvalue weighted by molar-refractivity contribution is 0.389. The van der Waals surface area contributed by atoms with Gasteiger partial charge >= 0.3 is 0 Å². The Kier molecular flexibility index (Phi) is 6.68. The van der Waals surface area contributed by atoms with Gasteiger partial charge in [0.15, 0.2) is 0 Å². The Morgan fingerprint density at radius 3 is 1.72 bits per heavy atom. The molecule has 0 spiro atoms. The molecular formula is C32H30O4. The summed E-state index contributed by atoms with van der Waals surface area (Å²) in [6.07, 6.45) is 2.28. The van der Waals surface area contributed by atoms with Crippen molar-refractivity contribution in [3.63, 3.8) is 0 Å². The van der Waals surface area contributed by atoms with Crippen molar-refractivity contribution in [3.8, 4) is 23.0 Å². The molecule has 5 rings (SSSR count). The van der Waals surface area contributed by atoms with Crippen molar-refractivity contribution in [3.05, 3.63) is 119 Å². The minimum absolute atomic E-state index is 0.00684. The predicted molar refractivity (Wildman–Crippen MR) is 144 cm³/mol. The number of hydrogen-bond donors (Lipinski definition) is 0. The molecule has 1 aliphatic rings. The predicted octanol–water partition coefficient (Wildman–Crippen LogP) is 7.19. The van der Waals surface area contributed by atoms with Crippen LogP contribution in [0.1, 0.15) is 39.7 Å². The minimum atomic E-state index is -0.00684. The molecule has 0 heterocycles. The van der Waals surface area contributed by atoms with Crippen LogP contribution in [0.4, 0.5) is 0 Å². The molecule has 0 aromatic heterocycles. The Balaban J connectivity index is 1.85. The Hall–Kier alpha value is -4.18. The summed E-state index contributed by atoms with van der Waals surface area (Å²) in [5, 5.41) is 0. The van der Waals surface area contributed by atoms with Crippen molar-refractivity contribution in [1.82, 2.24) is 0 Å². The first-order valence-electron chi connectivity index (χ1n) is 12.0. The normalized spacial score (nSPS) is 17.5. The second-order valence-electron chi connectivity index (χ2n) is 8.81. The fourth-order valence-electron chi connectivity index (χ4n) is 5.26. The summed E-state index contributed by atoms with van der Waals surface area (Å²) in [4.78, 5) is 0. The van der Waals surface area contributed by atoms with E-state index in [9.17, 15) is 0 Å². The SMILES string of the molecule is COc1cc(OC)cc([C@@H]2/C(=C\c3ccccc3)c3cc(OC)cc(OC)c3[C@H]2c2ccccc2)c1. The van der Waals surface area contributed by atoms with Gasteiger partial charge in [0.25, 0.3) is 0 Å². The molecule has 182 valence electrons. The molecule has 0 saturated carbocycles. The zero-order chi connectivity index (χ0) is 25.1. The van der Waals surface area contributed by atoms with Crippen LogP contribution in [0.25, 0.3) is 11.6 Å². The van der Waals surface area contributed by atoms with Crippen LogP contribution >= 0.6 is 0 Å². The lowest BCUT2D eigenvalue weighted by atomic mass is 9.79. The van der Waals surface area contributed by atoms with E-state index in [-0.39, 0.29) is 11.8 Å². The van der Waals surface area contributed by atoms with Gasteiger partial charge in [-0.1, -0.05) is 66.7 Å². The third kappa shape index (κ3) is 4.31. The molecule has 0 aliphatic heterocycles. The Labute approximate surface area is 212 Å². The summed E-state index contributed by atoms with van der Waals surface area (Å²) in [5.41, 5.74) is 6.92. The van der Waals surface area contributed by atoms with Gasteiger partial charge in [-0.25, -0.2) is 0 Å². The molecular weight excluding hydrogens is 448 g/mol. The van der Waals surface area contributed by atoms with Crippen molar-refractivity contribution >= 4 is 11.6 Å². The van der Waals surface area contributed by atoms with Gasteiger partial charge in [-0.3, -0.25) is 0 Å². The van der Waals surface area contributed by atoms with E-state index in [0.29, 0.717) is 0 Å². The van der Waals surface area contributed by atoms with E-state index in [1.165, 1.54) is 11.1 Å². The molecule has 1 aliphatic carbocycles. The van der Waals surface area contributed by atoms with E-state index in [0.717, 1.165) is 45.3 Å². The van der Waals surface area contributed by atoms with Crippen molar-refractivity contribution < 1.29 is 18.9 Å². The van der Waals surface area contributed by atoms with Crippen LogP contribution in [0.15, 0.2) is 91.0 Å². The first-order valence-corrected chi connectivity index (χ1v) is 12.0. The van der Waals surface area contributed by atoms with Gasteiger partial charge in [0.05, 0.1) is 28.4 Å². The minimum Gasteiger partial charge on any atom is -0.497 e. The summed E-state index contributed by atoms with van der Waals surface area (Å²) in [5.74, 6) is 3.11. The van der Waals surface area contributed by atoms with E-state index in [1.54, 1.807) is 28.4 Å². The summed E-state index contributed by atoms with van der Waals surface area (Å²) in [6.45, 7) is 0. The second-order valence-corrected chi connectivity index (χ2v) is 8.81. The van der Waals surface area contributed by atoms with Gasteiger partial charge in [0.2, 0.25) is 0 Å². The molecule has 4 aromatic rings. The Morgan fingerprint density at radius 2 is 1.14 bits per heavy atom.